The van der Waals surface area contributed by atoms with Crippen molar-refractivity contribution in [2.45, 2.75) is 53.1 Å². The molecule has 2 nitrogen and oxygen atoms in total. The summed E-state index contributed by atoms with van der Waals surface area (Å²) in [7, 11) is 0. The lowest BCUT2D eigenvalue weighted by Crippen LogP contribution is -2.71. The van der Waals surface area contributed by atoms with Crippen LogP contribution in [0.3, 0.4) is 0 Å². The van der Waals surface area contributed by atoms with E-state index in [-0.39, 0.29) is 10.8 Å². The largest absolute Gasteiger partial charge is 0.313 e. The average molecular weight is 184 g/mol. The molecule has 1 aliphatic carbocycles. The quantitative estimate of drug-likeness (QED) is 0.566. The maximum Gasteiger partial charge on any atom is 0.0741 e. The van der Waals surface area contributed by atoms with Crippen LogP contribution >= 0.6 is 0 Å². The van der Waals surface area contributed by atoms with Crippen LogP contribution in [0.2, 0.25) is 0 Å². The van der Waals surface area contributed by atoms with Crippen molar-refractivity contribution in [3.05, 3.63) is 0 Å². The third-order valence-corrected chi connectivity index (χ3v) is 3.96. The lowest BCUT2D eigenvalue weighted by molar-refractivity contribution is -0.0374. The van der Waals surface area contributed by atoms with E-state index < -0.39 is 5.66 Å². The third kappa shape index (κ3) is 1.50. The van der Waals surface area contributed by atoms with Gasteiger partial charge in [-0.15, -0.1) is 0 Å². The molecule has 2 heteroatoms. The second-order valence-electron chi connectivity index (χ2n) is 6.15. The van der Waals surface area contributed by atoms with Crippen LogP contribution in [0, 0.1) is 16.7 Å². The van der Waals surface area contributed by atoms with Crippen molar-refractivity contribution in [3.8, 4) is 0 Å². The fraction of sp³-hybridized carbons (Fsp3) is 1.00. The van der Waals surface area contributed by atoms with Gasteiger partial charge in [-0.3, -0.25) is 0 Å². The Morgan fingerprint density at radius 2 is 1.23 bits per heavy atom. The summed E-state index contributed by atoms with van der Waals surface area (Å²) in [5, 5.41) is 0. The molecule has 1 aliphatic rings. The summed E-state index contributed by atoms with van der Waals surface area (Å²) in [6.07, 6.45) is 2.26. The summed E-state index contributed by atoms with van der Waals surface area (Å²) in [6.45, 7) is 11.0. The summed E-state index contributed by atoms with van der Waals surface area (Å²) in [4.78, 5) is 0. The molecule has 4 N–H and O–H groups in total. The Labute approximate surface area is 82.1 Å². The Morgan fingerprint density at radius 3 is 1.54 bits per heavy atom. The van der Waals surface area contributed by atoms with Crippen molar-refractivity contribution >= 4 is 0 Å². The van der Waals surface area contributed by atoms with Crippen LogP contribution in [-0.2, 0) is 0 Å². The zero-order valence-electron chi connectivity index (χ0n) is 9.65. The molecule has 0 aliphatic heterocycles. The highest BCUT2D eigenvalue weighted by Crippen LogP contribution is 2.51. The van der Waals surface area contributed by atoms with Crippen molar-refractivity contribution < 1.29 is 0 Å². The predicted molar refractivity (Wildman–Crippen MR) is 57.1 cm³/mol. The number of hydrogen-bond acceptors (Lipinski definition) is 2. The molecule has 0 atom stereocenters. The minimum absolute atomic E-state index is 0.0359. The minimum atomic E-state index is -0.549. The highest BCUT2D eigenvalue weighted by atomic mass is 15.0. The summed E-state index contributed by atoms with van der Waals surface area (Å²) >= 11 is 0. The summed E-state index contributed by atoms with van der Waals surface area (Å²) in [5.41, 5.74) is 12.1. The molecule has 0 heterocycles. The zero-order valence-corrected chi connectivity index (χ0v) is 9.65. The second kappa shape index (κ2) is 2.71. The molecule has 0 amide bonds. The highest BCUT2D eigenvalue weighted by Gasteiger charge is 2.53. The molecular weight excluding hydrogens is 160 g/mol. The number of nitrogens with two attached hydrogens (primary N) is 2. The first-order valence-corrected chi connectivity index (χ1v) is 5.18. The van der Waals surface area contributed by atoms with Crippen molar-refractivity contribution in [3.63, 3.8) is 0 Å². The molecule has 0 saturated heterocycles. The van der Waals surface area contributed by atoms with Gasteiger partial charge in [-0.25, -0.2) is 0 Å². The molecule has 0 unspecified atom stereocenters. The van der Waals surface area contributed by atoms with Gasteiger partial charge in [-0.1, -0.05) is 34.6 Å². The first-order chi connectivity index (χ1) is 5.60. The monoisotopic (exact) mass is 184 g/mol. The smallest absolute Gasteiger partial charge is 0.0741 e. The second-order valence-corrected chi connectivity index (χ2v) is 6.15. The van der Waals surface area contributed by atoms with Gasteiger partial charge in [0.15, 0.2) is 0 Å². The van der Waals surface area contributed by atoms with E-state index in [1.165, 1.54) is 0 Å². The highest BCUT2D eigenvalue weighted by molar-refractivity contribution is 5.07. The van der Waals surface area contributed by atoms with Gasteiger partial charge >= 0.3 is 0 Å². The van der Waals surface area contributed by atoms with Gasteiger partial charge in [0.25, 0.3) is 0 Å². The van der Waals surface area contributed by atoms with E-state index in [9.17, 15) is 0 Å². The van der Waals surface area contributed by atoms with Gasteiger partial charge in [0.1, 0.15) is 0 Å². The fourth-order valence-electron chi connectivity index (χ4n) is 3.07. The molecule has 78 valence electrons. The van der Waals surface area contributed by atoms with E-state index >= 15 is 0 Å². The maximum absolute atomic E-state index is 6.27. The van der Waals surface area contributed by atoms with Crippen LogP contribution in [-0.4, -0.2) is 5.66 Å². The van der Waals surface area contributed by atoms with Gasteiger partial charge in [0.2, 0.25) is 0 Å². The SMILES string of the molecule is CC1CC(C)(C)C(N)(N)C(C)(C)C1. The maximum atomic E-state index is 6.27. The molecule has 0 spiro atoms. The van der Waals surface area contributed by atoms with Gasteiger partial charge in [0, 0.05) is 0 Å². The van der Waals surface area contributed by atoms with Crippen LogP contribution < -0.4 is 11.5 Å². The normalized spacial score (nSPS) is 31.6. The standard InChI is InChI=1S/C11H24N2/c1-8-6-9(2,3)11(12,13)10(4,5)7-8/h8H,6-7,12-13H2,1-5H3. The van der Waals surface area contributed by atoms with Crippen LogP contribution in [0.15, 0.2) is 0 Å². The Balaban J connectivity index is 3.03. The van der Waals surface area contributed by atoms with Crippen molar-refractivity contribution in [2.75, 3.05) is 0 Å². The lowest BCUT2D eigenvalue weighted by atomic mass is 9.54. The molecular formula is C11H24N2. The van der Waals surface area contributed by atoms with Crippen molar-refractivity contribution in [2.24, 2.45) is 28.2 Å². The first kappa shape index (κ1) is 11.0. The Bertz CT molecular complexity index is 184. The number of rotatable bonds is 0. The van der Waals surface area contributed by atoms with Crippen LogP contribution in [0.1, 0.15) is 47.5 Å². The molecule has 1 saturated carbocycles. The molecule has 1 rings (SSSR count). The van der Waals surface area contributed by atoms with Crippen LogP contribution in [0.4, 0.5) is 0 Å². The van der Waals surface area contributed by atoms with E-state index in [0.717, 1.165) is 18.8 Å². The Morgan fingerprint density at radius 1 is 0.923 bits per heavy atom. The van der Waals surface area contributed by atoms with Crippen LogP contribution in [0.5, 0.6) is 0 Å². The van der Waals surface area contributed by atoms with Gasteiger partial charge in [-0.05, 0) is 29.6 Å². The van der Waals surface area contributed by atoms with Crippen molar-refractivity contribution in [1.82, 2.24) is 0 Å². The Hall–Kier alpha value is -0.0800. The molecule has 13 heavy (non-hydrogen) atoms. The average Bonchev–Trinajstić information content (AvgIpc) is 1.80. The third-order valence-electron chi connectivity index (χ3n) is 3.96. The van der Waals surface area contributed by atoms with E-state index in [2.05, 4.69) is 34.6 Å². The molecule has 0 bridgehead atoms. The molecule has 1 fully saturated rings. The van der Waals surface area contributed by atoms with Gasteiger partial charge in [0.05, 0.1) is 5.66 Å². The van der Waals surface area contributed by atoms with E-state index in [1.807, 2.05) is 0 Å². The Kier molecular flexibility index (Phi) is 2.29. The van der Waals surface area contributed by atoms with Crippen LogP contribution in [0.25, 0.3) is 0 Å². The van der Waals surface area contributed by atoms with Gasteiger partial charge in [-0.2, -0.15) is 0 Å². The molecule has 0 aromatic heterocycles. The molecule has 0 aromatic rings. The van der Waals surface area contributed by atoms with E-state index in [4.69, 9.17) is 11.5 Å². The zero-order chi connectivity index (χ0) is 10.5. The van der Waals surface area contributed by atoms with Gasteiger partial charge < -0.3 is 11.5 Å². The fourth-order valence-corrected chi connectivity index (χ4v) is 3.07. The molecule has 0 radical (unpaired) electrons. The minimum Gasteiger partial charge on any atom is -0.313 e. The van der Waals surface area contributed by atoms with Crippen molar-refractivity contribution in [1.29, 1.82) is 0 Å². The summed E-state index contributed by atoms with van der Waals surface area (Å²) in [6, 6.07) is 0. The summed E-state index contributed by atoms with van der Waals surface area (Å²) < 4.78 is 0. The molecule has 0 aromatic carbocycles. The number of hydrogen-bond donors (Lipinski definition) is 2. The summed E-state index contributed by atoms with van der Waals surface area (Å²) in [5.74, 6) is 0.727. The predicted octanol–water partition coefficient (Wildman–Crippen LogP) is 2.08. The first-order valence-electron chi connectivity index (χ1n) is 5.18. The van der Waals surface area contributed by atoms with E-state index in [0.29, 0.717) is 0 Å². The topological polar surface area (TPSA) is 52.0 Å². The van der Waals surface area contributed by atoms with E-state index in [1.54, 1.807) is 0 Å². The lowest BCUT2D eigenvalue weighted by Gasteiger charge is -2.57.